The SMILES string of the molecule is c1ccc(-c2c3ccccc3c(-c3cc4cc5sccc5cc4s3)c3cc4c(cc23)sc2ccccc24)cc1. The average Bonchev–Trinajstić information content (AvgIpc) is 3.70. The highest BCUT2D eigenvalue weighted by Gasteiger charge is 2.20. The summed E-state index contributed by atoms with van der Waals surface area (Å²) in [7, 11) is 0. The maximum absolute atomic E-state index is 2.47. The Kier molecular flexibility index (Phi) is 4.62. The van der Waals surface area contributed by atoms with E-state index in [1.165, 1.54) is 83.5 Å². The minimum absolute atomic E-state index is 1.27. The number of hydrogen-bond donors (Lipinski definition) is 0. The minimum atomic E-state index is 1.27. The first-order valence-electron chi connectivity index (χ1n) is 13.1. The first kappa shape index (κ1) is 21.9. The van der Waals surface area contributed by atoms with Crippen molar-refractivity contribution in [1.82, 2.24) is 0 Å². The van der Waals surface area contributed by atoms with Gasteiger partial charge in [-0.25, -0.2) is 0 Å². The van der Waals surface area contributed by atoms with Crippen LogP contribution in [0.5, 0.6) is 0 Å². The quantitative estimate of drug-likeness (QED) is 0.188. The van der Waals surface area contributed by atoms with Crippen molar-refractivity contribution in [2.45, 2.75) is 0 Å². The van der Waals surface area contributed by atoms with Crippen LogP contribution in [0.3, 0.4) is 0 Å². The molecule has 0 saturated heterocycles. The zero-order valence-electron chi connectivity index (χ0n) is 20.8. The van der Waals surface area contributed by atoms with Crippen LogP contribution in [0, 0.1) is 0 Å². The maximum atomic E-state index is 2.47. The van der Waals surface area contributed by atoms with Gasteiger partial charge in [0.15, 0.2) is 0 Å². The van der Waals surface area contributed by atoms with Gasteiger partial charge in [-0.1, -0.05) is 72.8 Å². The van der Waals surface area contributed by atoms with E-state index in [4.69, 9.17) is 0 Å². The molecule has 0 bridgehead atoms. The topological polar surface area (TPSA) is 0 Å². The third-order valence-electron chi connectivity index (χ3n) is 7.92. The van der Waals surface area contributed by atoms with Gasteiger partial charge in [-0.15, -0.1) is 34.0 Å². The van der Waals surface area contributed by atoms with Crippen molar-refractivity contribution < 1.29 is 0 Å². The van der Waals surface area contributed by atoms with Crippen molar-refractivity contribution >= 4 is 95.9 Å². The minimum Gasteiger partial charge on any atom is -0.144 e. The predicted octanol–water partition coefficient (Wildman–Crippen LogP) is 12.1. The van der Waals surface area contributed by atoms with Crippen molar-refractivity contribution in [2.24, 2.45) is 0 Å². The molecule has 0 atom stereocenters. The molecule has 3 aromatic heterocycles. The third-order valence-corrected chi connectivity index (χ3v) is 11.1. The molecular weight excluding hydrogens is 529 g/mol. The van der Waals surface area contributed by atoms with E-state index in [-0.39, 0.29) is 0 Å². The van der Waals surface area contributed by atoms with E-state index in [0.29, 0.717) is 0 Å². The molecule has 3 heteroatoms. The monoisotopic (exact) mass is 548 g/mol. The van der Waals surface area contributed by atoms with Gasteiger partial charge < -0.3 is 0 Å². The second kappa shape index (κ2) is 8.24. The summed E-state index contributed by atoms with van der Waals surface area (Å²) in [6, 6.07) is 43.0. The van der Waals surface area contributed by atoms with Gasteiger partial charge in [0.05, 0.1) is 0 Å². The Morgan fingerprint density at radius 2 is 1.10 bits per heavy atom. The smallest absolute Gasteiger partial charge is 0.0367 e. The lowest BCUT2D eigenvalue weighted by molar-refractivity contribution is 1.68. The molecule has 0 aliphatic heterocycles. The molecule has 6 aromatic carbocycles. The molecule has 0 unspecified atom stereocenters. The van der Waals surface area contributed by atoms with Crippen molar-refractivity contribution in [1.29, 1.82) is 0 Å². The van der Waals surface area contributed by atoms with E-state index in [1.54, 1.807) is 0 Å². The Morgan fingerprint density at radius 1 is 0.385 bits per heavy atom. The summed E-state index contributed by atoms with van der Waals surface area (Å²) in [6.45, 7) is 0. The summed E-state index contributed by atoms with van der Waals surface area (Å²) in [5.41, 5.74) is 3.94. The van der Waals surface area contributed by atoms with Crippen molar-refractivity contribution in [3.8, 4) is 21.6 Å². The lowest BCUT2D eigenvalue weighted by Gasteiger charge is -2.17. The molecule has 0 aliphatic rings. The second-order valence-electron chi connectivity index (χ2n) is 10.1. The van der Waals surface area contributed by atoms with Gasteiger partial charge in [0.2, 0.25) is 0 Å². The zero-order chi connectivity index (χ0) is 25.5. The van der Waals surface area contributed by atoms with Gasteiger partial charge in [-0.3, -0.25) is 0 Å². The van der Waals surface area contributed by atoms with Gasteiger partial charge in [0.1, 0.15) is 0 Å². The molecule has 182 valence electrons. The van der Waals surface area contributed by atoms with Crippen LogP contribution in [0.1, 0.15) is 0 Å². The number of benzene rings is 6. The van der Waals surface area contributed by atoms with Crippen LogP contribution in [0.4, 0.5) is 0 Å². The number of hydrogen-bond acceptors (Lipinski definition) is 3. The van der Waals surface area contributed by atoms with Crippen molar-refractivity contribution in [3.63, 3.8) is 0 Å². The fourth-order valence-electron chi connectivity index (χ4n) is 6.19. The van der Waals surface area contributed by atoms with E-state index >= 15 is 0 Å². The molecule has 3 heterocycles. The summed E-state index contributed by atoms with van der Waals surface area (Å²) in [5, 5.41) is 12.8. The lowest BCUT2D eigenvalue weighted by Crippen LogP contribution is -1.89. The molecular formula is C36H20S3. The second-order valence-corrected chi connectivity index (χ2v) is 13.2. The summed E-state index contributed by atoms with van der Waals surface area (Å²) < 4.78 is 5.39. The average molecular weight is 549 g/mol. The fourth-order valence-corrected chi connectivity index (χ4v) is 9.31. The molecule has 0 radical (unpaired) electrons. The molecule has 0 fully saturated rings. The highest BCUT2D eigenvalue weighted by Crippen LogP contribution is 2.49. The van der Waals surface area contributed by atoms with Crippen LogP contribution in [0.25, 0.3) is 83.5 Å². The van der Waals surface area contributed by atoms with Crippen LogP contribution >= 0.6 is 34.0 Å². The molecule has 0 aliphatic carbocycles. The van der Waals surface area contributed by atoms with Gasteiger partial charge in [-0.2, -0.15) is 0 Å². The predicted molar refractivity (Wildman–Crippen MR) is 176 cm³/mol. The molecule has 0 spiro atoms. The van der Waals surface area contributed by atoms with Crippen LogP contribution in [0.15, 0.2) is 121 Å². The number of fused-ring (bicyclic) bond motifs is 7. The molecule has 0 N–H and O–H groups in total. The number of rotatable bonds is 2. The highest BCUT2D eigenvalue weighted by molar-refractivity contribution is 7.26. The fraction of sp³-hybridized carbons (Fsp3) is 0. The van der Waals surface area contributed by atoms with Crippen LogP contribution in [-0.2, 0) is 0 Å². The molecule has 0 nitrogen and oxygen atoms in total. The van der Waals surface area contributed by atoms with Crippen LogP contribution in [0.2, 0.25) is 0 Å². The Bertz CT molecular complexity index is 2330. The Hall–Kier alpha value is -4.02. The third kappa shape index (κ3) is 3.21. The number of thiophene rings is 3. The van der Waals surface area contributed by atoms with E-state index in [2.05, 4.69) is 121 Å². The van der Waals surface area contributed by atoms with Crippen LogP contribution in [-0.4, -0.2) is 0 Å². The van der Waals surface area contributed by atoms with Crippen molar-refractivity contribution in [3.05, 3.63) is 121 Å². The standard InChI is InChI=1S/C36H20S3/c1-2-8-21(9-3-1)35-25-11-4-5-12-26(25)36(34-18-23-17-31-22(14-15-37-31)16-32(23)39-34)28-19-27-24-10-6-7-13-30(24)38-33(27)20-29(28)35/h1-20H. The molecule has 9 rings (SSSR count). The highest BCUT2D eigenvalue weighted by atomic mass is 32.1. The van der Waals surface area contributed by atoms with Gasteiger partial charge in [-0.05, 0) is 91.3 Å². The summed E-state index contributed by atoms with van der Waals surface area (Å²) in [6.07, 6.45) is 0. The largest absolute Gasteiger partial charge is 0.144 e. The summed E-state index contributed by atoms with van der Waals surface area (Å²) >= 11 is 5.64. The van der Waals surface area contributed by atoms with E-state index in [0.717, 1.165) is 0 Å². The normalized spacial score (nSPS) is 12.1. The first-order chi connectivity index (χ1) is 19.3. The molecule has 0 amide bonds. The molecule has 9 aromatic rings. The summed E-state index contributed by atoms with van der Waals surface area (Å²) in [5.74, 6) is 0. The lowest BCUT2D eigenvalue weighted by atomic mass is 9.87. The maximum Gasteiger partial charge on any atom is 0.0367 e. The van der Waals surface area contributed by atoms with Crippen LogP contribution < -0.4 is 0 Å². The van der Waals surface area contributed by atoms with E-state index in [9.17, 15) is 0 Å². The Labute approximate surface area is 237 Å². The molecule has 39 heavy (non-hydrogen) atoms. The van der Waals surface area contributed by atoms with Gasteiger partial charge in [0.25, 0.3) is 0 Å². The Morgan fingerprint density at radius 3 is 1.97 bits per heavy atom. The van der Waals surface area contributed by atoms with Gasteiger partial charge >= 0.3 is 0 Å². The van der Waals surface area contributed by atoms with E-state index in [1.807, 2.05) is 34.0 Å². The Balaban J connectivity index is 1.49. The van der Waals surface area contributed by atoms with Gasteiger partial charge in [0, 0.05) is 40.0 Å². The first-order valence-corrected chi connectivity index (χ1v) is 15.6. The van der Waals surface area contributed by atoms with Crippen molar-refractivity contribution in [2.75, 3.05) is 0 Å². The summed E-state index contributed by atoms with van der Waals surface area (Å²) in [4.78, 5) is 1.34. The molecule has 0 saturated carbocycles. The van der Waals surface area contributed by atoms with E-state index < -0.39 is 0 Å². The zero-order valence-corrected chi connectivity index (χ0v) is 23.2.